The molecule has 6 aliphatic rings. The molecule has 35 nitrogen and oxygen atoms in total. The second-order valence-corrected chi connectivity index (χ2v) is 41.4. The minimum Gasteiger partial charge on any atom is -0.458 e. The van der Waals surface area contributed by atoms with Crippen molar-refractivity contribution < 1.29 is 101 Å². The normalized spacial score (nSPS) is 34.4. The Morgan fingerprint density at radius 2 is 0.940 bits per heavy atom. The number of amides is 2. The van der Waals surface area contributed by atoms with Crippen LogP contribution in [-0.4, -0.2) is 272 Å². The first-order valence-corrected chi connectivity index (χ1v) is 48.4. The Balaban J connectivity index is 0.000000256. The number of cyclic esters (lactones) is 2. The van der Waals surface area contributed by atoms with Crippen molar-refractivity contribution in [1.29, 1.82) is 0 Å². The first-order chi connectivity index (χ1) is 62.5. The number of carbonyl (C=O) groups is 9. The van der Waals surface area contributed by atoms with Gasteiger partial charge >= 0.3 is 23.9 Å². The fourth-order valence-corrected chi connectivity index (χ4v) is 24.1. The predicted molar refractivity (Wildman–Crippen MR) is 505 cm³/mol. The van der Waals surface area contributed by atoms with Crippen molar-refractivity contribution in [3.05, 3.63) is 92.7 Å². The van der Waals surface area contributed by atoms with E-state index >= 15 is 0 Å². The highest BCUT2D eigenvalue weighted by Gasteiger charge is 2.64. The molecule has 2 amide bonds. The Morgan fingerprint density at radius 1 is 0.556 bits per heavy atom. The van der Waals surface area contributed by atoms with Gasteiger partial charge < -0.3 is 98.6 Å². The molecular weight excluding hydrogens is 1840 g/mol. The highest BCUT2D eigenvalue weighted by molar-refractivity contribution is 8.00. The van der Waals surface area contributed by atoms with Crippen molar-refractivity contribution in [2.75, 3.05) is 76.0 Å². The number of imidazole rings is 2. The Labute approximate surface area is 803 Å². The number of anilines is 4. The van der Waals surface area contributed by atoms with Gasteiger partial charge in [-0.1, -0.05) is 108 Å². The van der Waals surface area contributed by atoms with Gasteiger partial charge in [-0.25, -0.2) is 24.7 Å². The molecule has 0 unspecified atom stereocenters. The number of nitrogens with zero attached hydrogens (tertiary/aromatic N) is 10. The second-order valence-electron chi connectivity index (χ2n) is 37.2. The smallest absolute Gasteiger partial charge is 0.333 e. The summed E-state index contributed by atoms with van der Waals surface area (Å²) in [4.78, 5) is 157. The summed E-state index contributed by atoms with van der Waals surface area (Å²) in [5.41, 5.74) is 9.32. The highest BCUT2D eigenvalue weighted by atomic mass is 35.5. The van der Waals surface area contributed by atoms with Crippen molar-refractivity contribution in [3.63, 3.8) is 0 Å². The summed E-state index contributed by atoms with van der Waals surface area (Å²) in [6.45, 7) is 28.7. The van der Waals surface area contributed by atoms with Crippen molar-refractivity contribution in [2.45, 2.75) is 269 Å². The van der Waals surface area contributed by atoms with Crippen LogP contribution in [0.3, 0.4) is 0 Å². The second kappa shape index (κ2) is 43.5. The van der Waals surface area contributed by atoms with Gasteiger partial charge in [0.05, 0.1) is 102 Å². The monoisotopic (exact) mass is 1970 g/mol. The summed E-state index contributed by atoms with van der Waals surface area (Å²) in [6, 6.07) is -0.558. The first kappa shape index (κ1) is 106. The fourth-order valence-electron chi connectivity index (χ4n) is 20.3. The zero-order chi connectivity index (χ0) is 98.0. The number of carbonyl (C=O) groups excluding carboxylic acids is 9. The number of aliphatic hydroxyl groups excluding tert-OH is 2. The van der Waals surface area contributed by atoms with Crippen LogP contribution in [0.1, 0.15) is 170 Å². The average Bonchev–Trinajstić information content (AvgIpc) is 1.63. The number of nitrogen functional groups attached to an aromatic ring is 2. The summed E-state index contributed by atoms with van der Waals surface area (Å²) >= 11 is 27.7. The van der Waals surface area contributed by atoms with E-state index in [9.17, 15) is 53.4 Å². The molecule has 12 rings (SSSR count). The molecule has 0 saturated carbocycles. The molecule has 133 heavy (non-hydrogen) atoms. The van der Waals surface area contributed by atoms with Crippen molar-refractivity contribution >= 4 is 168 Å². The molecule has 12 heterocycles. The lowest BCUT2D eigenvalue weighted by molar-refractivity contribution is -0.295. The lowest BCUT2D eigenvalue weighted by Gasteiger charge is -2.47. The van der Waals surface area contributed by atoms with Crippen LogP contribution in [0, 0.1) is 53.3 Å². The number of aromatic nitrogens is 8. The summed E-state index contributed by atoms with van der Waals surface area (Å²) in [5, 5.41) is 27.2. The molecule has 27 atom stereocenters. The number of Topliss-reactive ketones (excluding diaryl/α,β-unsaturated/α-hetero) is 3. The van der Waals surface area contributed by atoms with E-state index in [0.29, 0.717) is 40.7 Å². The van der Waals surface area contributed by atoms with Crippen molar-refractivity contribution in [2.24, 2.45) is 53.3 Å². The van der Waals surface area contributed by atoms with E-state index in [1.165, 1.54) is 87.4 Å². The summed E-state index contributed by atoms with van der Waals surface area (Å²) in [7, 11) is 10.5. The van der Waals surface area contributed by atoms with Gasteiger partial charge in [-0.05, 0) is 122 Å². The summed E-state index contributed by atoms with van der Waals surface area (Å²) in [5.74, 6) is -11.1. The minimum absolute atomic E-state index is 0.0672. The number of nitrogens with two attached hydrogens (primary N) is 2. The number of fused-ring (bicyclic) bond motifs is 4. The number of aryl methyl sites for hydroxylation is 2. The first-order valence-electron chi connectivity index (χ1n) is 44.8. The zero-order valence-electron chi connectivity index (χ0n) is 79.2. The Bertz CT molecular complexity index is 5290. The number of hydrogen-bond donors (Lipinski definition) is 6. The molecule has 8 N–H and O–H groups in total. The van der Waals surface area contributed by atoms with Crippen LogP contribution in [0.5, 0.6) is 0 Å². The van der Waals surface area contributed by atoms with E-state index in [1.807, 2.05) is 79.5 Å². The van der Waals surface area contributed by atoms with Crippen LogP contribution in [0.2, 0.25) is 20.1 Å². The molecular formula is C92H126Cl4N14O21S2. The maximum atomic E-state index is 14.9. The number of halogens is 4. The number of methoxy groups -OCH3 is 2. The van der Waals surface area contributed by atoms with E-state index in [2.05, 4.69) is 40.5 Å². The van der Waals surface area contributed by atoms with Crippen LogP contribution in [0.4, 0.5) is 23.0 Å². The lowest BCUT2D eigenvalue weighted by Crippen LogP contribution is -2.59. The number of pyridine rings is 4. The molecule has 0 spiro atoms. The number of likely N-dealkylation sites (N-methyl/N-ethyl adjacent to an activating group) is 2. The van der Waals surface area contributed by atoms with Crippen molar-refractivity contribution in [3.8, 4) is 0 Å². The predicted octanol–water partition coefficient (Wildman–Crippen LogP) is 12.0. The van der Waals surface area contributed by atoms with Crippen LogP contribution in [-0.2, 0) is 94.0 Å². The van der Waals surface area contributed by atoms with Crippen LogP contribution in [0.15, 0.2) is 61.5 Å². The third-order valence-electron chi connectivity index (χ3n) is 27.5. The van der Waals surface area contributed by atoms with Crippen molar-refractivity contribution in [1.82, 2.24) is 48.8 Å². The number of esters is 4. The van der Waals surface area contributed by atoms with Gasteiger partial charge in [0, 0.05) is 141 Å². The van der Waals surface area contributed by atoms with Gasteiger partial charge in [-0.2, -0.15) is 0 Å². The Kier molecular flexibility index (Phi) is 34.5. The van der Waals surface area contributed by atoms with Crippen LogP contribution >= 0.6 is 69.9 Å². The van der Waals surface area contributed by atoms with Crippen LogP contribution in [0.25, 0.3) is 22.1 Å². The number of aliphatic hydroxyl groups is 2. The van der Waals surface area contributed by atoms with Gasteiger partial charge in [-0.15, -0.1) is 23.5 Å². The Hall–Kier alpha value is -7.83. The molecule has 6 aliphatic heterocycles. The maximum absolute atomic E-state index is 14.9. The number of nitrogens with one attached hydrogen (secondary N) is 2. The number of ether oxygens (including phenoxy) is 10. The summed E-state index contributed by atoms with van der Waals surface area (Å²) in [6.07, 6.45) is 6.09. The number of thioether (sulfide) groups is 2. The highest BCUT2D eigenvalue weighted by Crippen LogP contribution is 2.52. The maximum Gasteiger partial charge on any atom is 0.333 e. The Morgan fingerprint density at radius 3 is 1.32 bits per heavy atom. The van der Waals surface area contributed by atoms with Gasteiger partial charge in [0.2, 0.25) is 0 Å². The zero-order valence-corrected chi connectivity index (χ0v) is 83.8. The molecule has 0 aromatic carbocycles. The van der Waals surface area contributed by atoms with Gasteiger partial charge in [0.25, 0.3) is 11.8 Å². The molecule has 0 radical (unpaired) electrons. The largest absolute Gasteiger partial charge is 0.458 e. The quantitative estimate of drug-likeness (QED) is 0.0209. The molecule has 5 saturated heterocycles. The SMILES string of the molecule is CC[C@H]1OC(=O)/C(C)=C\[C@H](C)[C@@H](O[C@@H]2O[C@H](C)C[C@H](N(C)C)[C@H]2O)[C@](C)(OC)C[C@@H](C)C(=O)[C@H](C)[C@H]2[C@H](SCCn3cnc4c(N)ncc(C(=O)Nc5c(Cl)cncc5Cl)c43)C(=O)O[C@@]21C.CC[C@H]1OC(=O)[C@H](C)C(=O)[C@H](C)[C@@H](O[C@@H]2O[C@H](C)C[C@H](N(C)C)[C@H]2O)[C@](C)(OC)C[C@@H](C)C(=O)[C@H](C)[C@H]2[C@H](SCCn3cnc4c(N)ncc(C(=O)Nc5c(Cl)cncc5Cl)c43)C(=O)O[C@@]21C. The number of rotatable bonds is 22. The van der Waals surface area contributed by atoms with E-state index in [-0.39, 0.29) is 140 Å². The fraction of sp³-hybridized carbons (Fsp3) is 0.641. The van der Waals surface area contributed by atoms with E-state index in [4.69, 9.17) is 105 Å². The standard InChI is InChI=1S/C46H63Cl2N7O11S.C46H63Cl2N7O10S/c1-12-30-46(8)31(38(43(61)66-46)67-14-13-55-20-52-33-34(55)26(17-51-40(33)49)41(59)53-32-27(47)18-50-19-28(32)48)23(4)35(56)21(2)16-45(7,62-11)39(24(5)36(57)25(6)42(60)64-30)65-44-37(58)29(54(9)10)15-22(3)63-44;1-12-31-46(8)32(38(43(60)65-46)66-14-13-55-21-52-34-35(55)27(18-51-40(34)49)41(58)53-33-28(47)19-50-20-29(33)48)26(6)36(56)24(4)17-45(7,61-11)39(22(2)15-23(3)42(59)63-31)64-44-37(57)30(54(9)10)16-25(5)62-44/h17-25,29-31,37-39,44,58H,12-16H2,1-11H3,(H2,49,51)(H,50,53,59);15,18-22,24-26,30-32,37-39,44,57H,12-14,16-17H2,1-11H3,(H2,49,51)(H,50,53,58)/b;23-15-/t21-,22-,23-,24+,25-,29+,30-,31+,37-,38+,39-,44+,45-,46-;22-,24+,25+,26+,30-,31+,32-,37+,38-,39+,44-,45+,46+/m10/s1. The van der Waals surface area contributed by atoms with E-state index < -0.39 is 177 Å². The molecule has 6 aromatic heterocycles. The van der Waals surface area contributed by atoms with E-state index in [1.54, 1.807) is 84.6 Å². The third kappa shape index (κ3) is 22.0. The molecule has 6 aromatic rings. The van der Waals surface area contributed by atoms with Gasteiger partial charge in [-0.3, -0.25) is 48.3 Å². The molecule has 5 fully saturated rings. The van der Waals surface area contributed by atoms with Crippen LogP contribution < -0.4 is 22.1 Å². The molecule has 730 valence electrons. The summed E-state index contributed by atoms with van der Waals surface area (Å²) < 4.78 is 66.6. The minimum atomic E-state index is -1.49. The average molecular weight is 1970 g/mol. The number of ketones is 3. The topological polar surface area (TPSA) is 456 Å². The molecule has 0 bridgehead atoms. The van der Waals surface area contributed by atoms with E-state index in [0.717, 1.165) is 0 Å². The molecule has 41 heteroatoms. The lowest BCUT2D eigenvalue weighted by atomic mass is 9.70. The number of hydrogen-bond acceptors (Lipinski definition) is 33. The third-order valence-corrected chi connectivity index (χ3v) is 31.2. The van der Waals surface area contributed by atoms with Gasteiger partial charge in [0.15, 0.2) is 41.2 Å². The molecule has 0 aliphatic carbocycles. The van der Waals surface area contributed by atoms with Gasteiger partial charge in [0.1, 0.15) is 63.4 Å².